The van der Waals surface area contributed by atoms with Crippen molar-refractivity contribution < 1.29 is 9.53 Å². The van der Waals surface area contributed by atoms with E-state index in [0.29, 0.717) is 29.7 Å². The van der Waals surface area contributed by atoms with Crippen LogP contribution in [0, 0.1) is 6.92 Å². The van der Waals surface area contributed by atoms with Gasteiger partial charge < -0.3 is 14.2 Å². The average Bonchev–Trinajstić information content (AvgIpc) is 3.54. The van der Waals surface area contributed by atoms with Gasteiger partial charge in [-0.25, -0.2) is 9.50 Å². The Bertz CT molecular complexity index is 1710. The van der Waals surface area contributed by atoms with Gasteiger partial charge in [-0.05, 0) is 55.3 Å². The van der Waals surface area contributed by atoms with Crippen molar-refractivity contribution >= 4 is 11.6 Å². The summed E-state index contributed by atoms with van der Waals surface area (Å²) in [6.07, 6.45) is 0.537. The highest BCUT2D eigenvalue weighted by molar-refractivity contribution is 5.97. The van der Waals surface area contributed by atoms with Crippen molar-refractivity contribution in [1.29, 1.82) is 0 Å². The van der Waals surface area contributed by atoms with Gasteiger partial charge in [-0.15, -0.1) is 0 Å². The molecule has 0 fully saturated rings. The molecule has 5 aromatic rings. The van der Waals surface area contributed by atoms with Crippen molar-refractivity contribution in [3.05, 3.63) is 99.6 Å². The fourth-order valence-electron chi connectivity index (χ4n) is 5.36. The Morgan fingerprint density at radius 2 is 1.82 bits per heavy atom. The molecule has 0 saturated heterocycles. The maximum Gasteiger partial charge on any atom is 0.277 e. The van der Waals surface area contributed by atoms with Crippen LogP contribution < -0.4 is 10.3 Å². The topological polar surface area (TPSA) is 84.6 Å². The van der Waals surface area contributed by atoms with Gasteiger partial charge in [-0.1, -0.05) is 30.3 Å². The third kappa shape index (κ3) is 3.89. The number of benzene rings is 2. The quantitative estimate of drug-likeness (QED) is 0.374. The molecule has 0 unspecified atom stereocenters. The summed E-state index contributed by atoms with van der Waals surface area (Å²) in [4.78, 5) is 33.8. The highest BCUT2D eigenvalue weighted by Gasteiger charge is 2.28. The molecule has 0 saturated carbocycles. The maximum absolute atomic E-state index is 13.7. The molecule has 1 amide bonds. The van der Waals surface area contributed by atoms with Gasteiger partial charge in [0.25, 0.3) is 11.5 Å². The lowest BCUT2D eigenvalue weighted by Crippen LogP contribution is -2.40. The minimum atomic E-state index is -0.171. The number of H-pyrrole nitrogens is 1. The first-order chi connectivity index (χ1) is 18.5. The van der Waals surface area contributed by atoms with E-state index >= 15 is 0 Å². The molecule has 3 aromatic heterocycles. The van der Waals surface area contributed by atoms with E-state index < -0.39 is 0 Å². The van der Waals surface area contributed by atoms with Crippen LogP contribution in [0.1, 0.15) is 34.2 Å². The van der Waals surface area contributed by atoms with Crippen molar-refractivity contribution in [1.82, 2.24) is 24.1 Å². The molecular weight excluding hydrogens is 478 g/mol. The molecule has 192 valence electrons. The van der Waals surface area contributed by atoms with E-state index in [9.17, 15) is 9.59 Å². The van der Waals surface area contributed by atoms with Crippen LogP contribution in [0.3, 0.4) is 0 Å². The van der Waals surface area contributed by atoms with E-state index in [-0.39, 0.29) is 18.0 Å². The van der Waals surface area contributed by atoms with Crippen molar-refractivity contribution in [2.45, 2.75) is 33.4 Å². The number of carbonyl (C=O) groups excluding carboxylic acids is 1. The Labute approximate surface area is 220 Å². The first kappa shape index (κ1) is 23.8. The van der Waals surface area contributed by atoms with Gasteiger partial charge in [0.15, 0.2) is 5.65 Å². The zero-order chi connectivity index (χ0) is 26.4. The van der Waals surface area contributed by atoms with Crippen LogP contribution in [-0.2, 0) is 19.5 Å². The first-order valence-electron chi connectivity index (χ1n) is 12.8. The third-order valence-corrected chi connectivity index (χ3v) is 7.43. The standard InChI is InChI=1S/C30H29N5O3/c1-4-34-19(2)23(16-27(34)21-8-6-5-7-9-21)29(36)33-15-14-25-24(18-33)30(37)35-28(31-25)17-26(32-35)20-10-12-22(38-3)13-11-20/h5-13,16-17,32H,4,14-15,18H2,1-3H3. The summed E-state index contributed by atoms with van der Waals surface area (Å²) in [6, 6.07) is 21.6. The van der Waals surface area contributed by atoms with Gasteiger partial charge in [0.1, 0.15) is 5.75 Å². The van der Waals surface area contributed by atoms with Gasteiger partial charge in [0.05, 0.1) is 36.2 Å². The summed E-state index contributed by atoms with van der Waals surface area (Å²) < 4.78 is 8.88. The normalized spacial score (nSPS) is 13.1. The SMILES string of the molecule is CCn1c(-c2ccccc2)cc(C(=O)N2CCc3nc4cc(-c5ccc(OC)cc5)[nH]n4c(=O)c3C2)c1C. The highest BCUT2D eigenvalue weighted by atomic mass is 16.5. The number of aromatic amines is 1. The predicted molar refractivity (Wildman–Crippen MR) is 147 cm³/mol. The number of nitrogens with zero attached hydrogens (tertiary/aromatic N) is 4. The predicted octanol–water partition coefficient (Wildman–Crippen LogP) is 4.69. The summed E-state index contributed by atoms with van der Waals surface area (Å²) >= 11 is 0. The molecule has 6 rings (SSSR count). The number of nitrogens with one attached hydrogen (secondary N) is 1. The van der Waals surface area contributed by atoms with Crippen LogP contribution in [0.25, 0.3) is 28.2 Å². The van der Waals surface area contributed by atoms with Crippen molar-refractivity contribution in [3.63, 3.8) is 0 Å². The molecule has 0 bridgehead atoms. The lowest BCUT2D eigenvalue weighted by molar-refractivity contribution is 0.0731. The van der Waals surface area contributed by atoms with Gasteiger partial charge in [-0.2, -0.15) is 0 Å². The molecule has 8 heteroatoms. The van der Waals surface area contributed by atoms with Crippen LogP contribution >= 0.6 is 0 Å². The zero-order valence-electron chi connectivity index (χ0n) is 21.7. The molecule has 1 aliphatic rings. The Morgan fingerprint density at radius 3 is 2.53 bits per heavy atom. The number of hydrogen-bond donors (Lipinski definition) is 1. The Kier molecular flexibility index (Phi) is 5.87. The maximum atomic E-state index is 13.7. The second-order valence-electron chi connectivity index (χ2n) is 9.55. The minimum absolute atomic E-state index is 0.0626. The number of rotatable bonds is 5. The van der Waals surface area contributed by atoms with Gasteiger partial charge in [-0.3, -0.25) is 14.7 Å². The lowest BCUT2D eigenvalue weighted by Gasteiger charge is -2.27. The lowest BCUT2D eigenvalue weighted by atomic mass is 10.1. The number of fused-ring (bicyclic) bond motifs is 2. The average molecular weight is 508 g/mol. The fourth-order valence-corrected chi connectivity index (χ4v) is 5.36. The van der Waals surface area contributed by atoms with Crippen molar-refractivity contribution in [2.24, 2.45) is 0 Å². The van der Waals surface area contributed by atoms with Crippen LogP contribution in [-0.4, -0.2) is 43.6 Å². The van der Waals surface area contributed by atoms with E-state index in [1.165, 1.54) is 4.52 Å². The van der Waals surface area contributed by atoms with E-state index in [1.54, 1.807) is 12.0 Å². The summed E-state index contributed by atoms with van der Waals surface area (Å²) in [5.74, 6) is 0.702. The molecule has 38 heavy (non-hydrogen) atoms. The number of aromatic nitrogens is 4. The molecule has 8 nitrogen and oxygen atoms in total. The Balaban J connectivity index is 1.33. The summed E-state index contributed by atoms with van der Waals surface area (Å²) in [5, 5.41) is 3.18. The van der Waals surface area contributed by atoms with E-state index in [0.717, 1.165) is 46.2 Å². The molecule has 0 aliphatic carbocycles. The van der Waals surface area contributed by atoms with Crippen molar-refractivity contribution in [3.8, 4) is 28.3 Å². The second-order valence-corrected chi connectivity index (χ2v) is 9.55. The molecule has 0 spiro atoms. The Hall–Kier alpha value is -4.59. The molecule has 0 atom stereocenters. The van der Waals surface area contributed by atoms with Gasteiger partial charge >= 0.3 is 0 Å². The number of carbonyl (C=O) groups is 1. The number of methoxy groups -OCH3 is 1. The highest BCUT2D eigenvalue weighted by Crippen LogP contribution is 2.28. The third-order valence-electron chi connectivity index (χ3n) is 7.43. The monoisotopic (exact) mass is 507 g/mol. The molecule has 1 aliphatic heterocycles. The smallest absolute Gasteiger partial charge is 0.277 e. The fraction of sp³-hybridized carbons (Fsp3) is 0.233. The van der Waals surface area contributed by atoms with Crippen molar-refractivity contribution in [2.75, 3.05) is 13.7 Å². The largest absolute Gasteiger partial charge is 0.497 e. The van der Waals surface area contributed by atoms with E-state index in [2.05, 4.69) is 28.7 Å². The van der Waals surface area contributed by atoms with E-state index in [4.69, 9.17) is 9.72 Å². The number of hydrogen-bond acceptors (Lipinski definition) is 4. The summed E-state index contributed by atoms with van der Waals surface area (Å²) in [5.41, 5.74) is 7.13. The van der Waals surface area contributed by atoms with Gasteiger partial charge in [0, 0.05) is 37.0 Å². The van der Waals surface area contributed by atoms with Gasteiger partial charge in [0.2, 0.25) is 0 Å². The Morgan fingerprint density at radius 1 is 1.05 bits per heavy atom. The molecule has 0 radical (unpaired) electrons. The van der Waals surface area contributed by atoms with E-state index in [1.807, 2.05) is 61.5 Å². The zero-order valence-corrected chi connectivity index (χ0v) is 21.7. The summed E-state index contributed by atoms with van der Waals surface area (Å²) in [7, 11) is 1.63. The second kappa shape index (κ2) is 9.37. The number of ether oxygens (including phenoxy) is 1. The molecular formula is C30H29N5O3. The molecule has 1 N–H and O–H groups in total. The molecule has 2 aromatic carbocycles. The summed E-state index contributed by atoms with van der Waals surface area (Å²) in [6.45, 7) is 5.58. The van der Waals surface area contributed by atoms with Crippen LogP contribution in [0.15, 0.2) is 71.5 Å². The minimum Gasteiger partial charge on any atom is -0.497 e. The number of amides is 1. The van der Waals surface area contributed by atoms with Crippen LogP contribution in [0.4, 0.5) is 0 Å². The molecule has 4 heterocycles. The van der Waals surface area contributed by atoms with Crippen LogP contribution in [0.5, 0.6) is 5.75 Å². The first-order valence-corrected chi connectivity index (χ1v) is 12.8. The van der Waals surface area contributed by atoms with Crippen LogP contribution in [0.2, 0.25) is 0 Å².